The molecule has 0 aliphatic heterocycles. The van der Waals surface area contributed by atoms with Crippen LogP contribution in [0.4, 0.5) is 0 Å². The second-order valence-corrected chi connectivity index (χ2v) is 5.74. The predicted octanol–water partition coefficient (Wildman–Crippen LogP) is 1.15. The summed E-state index contributed by atoms with van der Waals surface area (Å²) in [5.41, 5.74) is 4.85. The fourth-order valence-corrected chi connectivity index (χ4v) is 2.64. The first kappa shape index (κ1) is 15.0. The van der Waals surface area contributed by atoms with Gasteiger partial charge < -0.3 is 11.1 Å². The maximum Gasteiger partial charge on any atom is 0.237 e. The molecule has 0 saturated heterocycles. The fourth-order valence-electron chi connectivity index (χ4n) is 1.55. The number of hydrogen-bond donors (Lipinski definition) is 2. The van der Waals surface area contributed by atoms with Crippen LogP contribution in [-0.4, -0.2) is 33.5 Å². The maximum absolute atomic E-state index is 11.5. The van der Waals surface area contributed by atoms with Gasteiger partial charge >= 0.3 is 0 Å². The van der Waals surface area contributed by atoms with Crippen molar-refractivity contribution in [1.82, 2.24) is 15.1 Å². The molecule has 0 radical (unpaired) electrons. The lowest BCUT2D eigenvalue weighted by Crippen LogP contribution is -2.53. The minimum atomic E-state index is -0.620. The van der Waals surface area contributed by atoms with E-state index < -0.39 is 5.54 Å². The summed E-state index contributed by atoms with van der Waals surface area (Å²) in [4.78, 5) is 12.6. The minimum absolute atomic E-state index is 0.289. The molecule has 1 heterocycles. The highest BCUT2D eigenvalue weighted by Crippen LogP contribution is 2.21. The molecule has 0 aliphatic carbocycles. The fraction of sp³-hybridized carbons (Fsp3) is 0.667. The Morgan fingerprint density at radius 3 is 2.89 bits per heavy atom. The van der Waals surface area contributed by atoms with Gasteiger partial charge in [-0.25, -0.2) is 0 Å². The number of primary amides is 1. The highest BCUT2D eigenvalue weighted by atomic mass is 32.2. The Kier molecular flexibility index (Phi) is 5.68. The van der Waals surface area contributed by atoms with Gasteiger partial charge in [0.2, 0.25) is 5.91 Å². The smallest absolute Gasteiger partial charge is 0.237 e. The van der Waals surface area contributed by atoms with Crippen molar-refractivity contribution in [2.24, 2.45) is 12.8 Å². The Hall–Kier alpha value is -1.01. The molecule has 5 nitrogen and oxygen atoms in total. The van der Waals surface area contributed by atoms with Gasteiger partial charge in [-0.2, -0.15) is 5.10 Å². The lowest BCUT2D eigenvalue weighted by atomic mass is 9.98. The lowest BCUT2D eigenvalue weighted by molar-refractivity contribution is -0.123. The van der Waals surface area contributed by atoms with Gasteiger partial charge in [-0.05, 0) is 26.3 Å². The molecule has 0 aliphatic rings. The minimum Gasteiger partial charge on any atom is -0.368 e. The molecule has 1 aromatic rings. The number of aryl methyl sites for hydroxylation is 1. The Labute approximate surface area is 112 Å². The Bertz CT molecular complexity index is 393. The van der Waals surface area contributed by atoms with E-state index in [0.29, 0.717) is 6.42 Å². The lowest BCUT2D eigenvalue weighted by Gasteiger charge is -2.27. The molecule has 18 heavy (non-hydrogen) atoms. The predicted molar refractivity (Wildman–Crippen MR) is 74.4 cm³/mol. The van der Waals surface area contributed by atoms with Crippen molar-refractivity contribution < 1.29 is 4.79 Å². The van der Waals surface area contributed by atoms with E-state index in [-0.39, 0.29) is 5.91 Å². The molecule has 6 heteroatoms. The summed E-state index contributed by atoms with van der Waals surface area (Å²) in [6, 6.07) is 0. The highest BCUT2D eigenvalue weighted by molar-refractivity contribution is 7.99. The molecule has 1 aromatic heterocycles. The summed E-state index contributed by atoms with van der Waals surface area (Å²) in [7, 11) is 1.89. The van der Waals surface area contributed by atoms with Crippen molar-refractivity contribution in [2.45, 2.75) is 37.1 Å². The average Bonchev–Trinajstić information content (AvgIpc) is 2.72. The summed E-state index contributed by atoms with van der Waals surface area (Å²) in [5, 5.41) is 7.33. The van der Waals surface area contributed by atoms with Crippen molar-refractivity contribution in [3.8, 4) is 0 Å². The third-order valence-electron chi connectivity index (χ3n) is 2.86. The number of nitrogens with zero attached hydrogens (tertiary/aromatic N) is 2. The average molecular weight is 270 g/mol. The van der Waals surface area contributed by atoms with Crippen LogP contribution >= 0.6 is 11.8 Å². The number of carbonyl (C=O) groups is 1. The summed E-state index contributed by atoms with van der Waals surface area (Å²) in [5.74, 6) is 0.546. The van der Waals surface area contributed by atoms with Crippen molar-refractivity contribution >= 4 is 17.7 Å². The topological polar surface area (TPSA) is 72.9 Å². The Morgan fingerprint density at radius 1 is 1.67 bits per heavy atom. The van der Waals surface area contributed by atoms with E-state index >= 15 is 0 Å². The third kappa shape index (κ3) is 4.34. The zero-order valence-corrected chi connectivity index (χ0v) is 12.1. The van der Waals surface area contributed by atoms with E-state index in [2.05, 4.69) is 17.3 Å². The zero-order chi connectivity index (χ0) is 13.6. The number of thioether (sulfide) groups is 1. The largest absolute Gasteiger partial charge is 0.368 e. The van der Waals surface area contributed by atoms with Gasteiger partial charge in [0.1, 0.15) is 0 Å². The van der Waals surface area contributed by atoms with E-state index in [9.17, 15) is 4.79 Å². The van der Waals surface area contributed by atoms with Crippen LogP contribution in [0, 0.1) is 0 Å². The molecule has 102 valence electrons. The summed E-state index contributed by atoms with van der Waals surface area (Å²) < 4.78 is 1.77. The molecule has 3 N–H and O–H groups in total. The Morgan fingerprint density at radius 2 is 2.39 bits per heavy atom. The molecule has 1 rings (SSSR count). The van der Waals surface area contributed by atoms with Crippen LogP contribution in [-0.2, 0) is 11.8 Å². The molecular formula is C12H22N4OS. The van der Waals surface area contributed by atoms with Gasteiger partial charge in [-0.15, -0.1) is 11.8 Å². The van der Waals surface area contributed by atoms with Crippen molar-refractivity contribution in [2.75, 3.05) is 12.3 Å². The Balaban J connectivity index is 2.44. The monoisotopic (exact) mass is 270 g/mol. The second-order valence-electron chi connectivity index (χ2n) is 4.57. The van der Waals surface area contributed by atoms with E-state index in [1.165, 1.54) is 0 Å². The molecule has 1 amide bonds. The highest BCUT2D eigenvalue weighted by Gasteiger charge is 2.29. The van der Waals surface area contributed by atoms with Crippen molar-refractivity contribution in [1.29, 1.82) is 0 Å². The molecule has 1 unspecified atom stereocenters. The quantitative estimate of drug-likeness (QED) is 0.695. The molecule has 0 fully saturated rings. The van der Waals surface area contributed by atoms with Gasteiger partial charge in [0.05, 0.1) is 11.7 Å². The third-order valence-corrected chi connectivity index (χ3v) is 3.81. The van der Waals surface area contributed by atoms with Gasteiger partial charge in [0.15, 0.2) is 0 Å². The van der Waals surface area contributed by atoms with Crippen LogP contribution in [0.3, 0.4) is 0 Å². The van der Waals surface area contributed by atoms with Gasteiger partial charge in [-0.3, -0.25) is 9.48 Å². The first-order valence-electron chi connectivity index (χ1n) is 6.14. The van der Waals surface area contributed by atoms with Crippen LogP contribution in [0.5, 0.6) is 0 Å². The number of carbonyl (C=O) groups excluding carboxylic acids is 1. The van der Waals surface area contributed by atoms with Crippen LogP contribution in [0.1, 0.15) is 26.7 Å². The number of amides is 1. The van der Waals surface area contributed by atoms with Crippen LogP contribution in [0.2, 0.25) is 0 Å². The van der Waals surface area contributed by atoms with Crippen LogP contribution in [0.15, 0.2) is 17.3 Å². The van der Waals surface area contributed by atoms with Gasteiger partial charge in [0.25, 0.3) is 0 Å². The number of nitrogens with two attached hydrogens (primary N) is 1. The first-order chi connectivity index (χ1) is 8.48. The van der Waals surface area contributed by atoms with E-state index in [1.54, 1.807) is 16.4 Å². The normalized spacial score (nSPS) is 14.4. The summed E-state index contributed by atoms with van der Waals surface area (Å²) in [6.45, 7) is 4.74. The van der Waals surface area contributed by atoms with Crippen LogP contribution < -0.4 is 11.1 Å². The van der Waals surface area contributed by atoms with Crippen LogP contribution in [0.25, 0.3) is 0 Å². The number of nitrogens with one attached hydrogen (secondary N) is 1. The molecule has 0 spiro atoms. The van der Waals surface area contributed by atoms with E-state index in [1.807, 2.05) is 26.4 Å². The van der Waals surface area contributed by atoms with Crippen molar-refractivity contribution in [3.05, 3.63) is 12.4 Å². The van der Waals surface area contributed by atoms with E-state index in [4.69, 9.17) is 5.73 Å². The molecule has 1 atom stereocenters. The SMILES string of the molecule is CCCNC(C)(CCSc1cnn(C)c1)C(N)=O. The molecular weight excluding hydrogens is 248 g/mol. The maximum atomic E-state index is 11.5. The number of hydrogen-bond acceptors (Lipinski definition) is 4. The molecule has 0 saturated carbocycles. The molecule has 0 bridgehead atoms. The summed E-state index contributed by atoms with van der Waals surface area (Å²) in [6.07, 6.45) is 5.48. The van der Waals surface area contributed by atoms with Crippen molar-refractivity contribution in [3.63, 3.8) is 0 Å². The summed E-state index contributed by atoms with van der Waals surface area (Å²) >= 11 is 1.69. The van der Waals surface area contributed by atoms with Gasteiger partial charge in [0, 0.05) is 23.9 Å². The molecule has 0 aromatic carbocycles. The second kappa shape index (κ2) is 6.80. The number of aromatic nitrogens is 2. The number of rotatable bonds is 8. The zero-order valence-electron chi connectivity index (χ0n) is 11.3. The standard InChI is InChI=1S/C12H22N4OS/c1-4-6-14-12(2,11(13)17)5-7-18-10-8-15-16(3)9-10/h8-9,14H,4-7H2,1-3H3,(H2,13,17). The van der Waals surface area contributed by atoms with E-state index in [0.717, 1.165) is 23.6 Å². The first-order valence-corrected chi connectivity index (χ1v) is 7.13. The van der Waals surface area contributed by atoms with Gasteiger partial charge in [-0.1, -0.05) is 6.92 Å².